The van der Waals surface area contributed by atoms with Crippen LogP contribution in [-0.4, -0.2) is 14.5 Å². The van der Waals surface area contributed by atoms with E-state index in [0.29, 0.717) is 5.56 Å². The second kappa shape index (κ2) is 6.39. The molecular weight excluding hydrogens is 333 g/mol. The largest absolute Gasteiger partial charge is 0.416 e. The molecule has 2 aromatic heterocycles. The van der Waals surface area contributed by atoms with Crippen molar-refractivity contribution < 1.29 is 13.2 Å². The normalized spacial score (nSPS) is 11.4. The van der Waals surface area contributed by atoms with Crippen LogP contribution < -0.4 is 10.9 Å². The van der Waals surface area contributed by atoms with Gasteiger partial charge in [-0.05, 0) is 24.3 Å². The number of pyridine rings is 1. The van der Waals surface area contributed by atoms with Gasteiger partial charge < -0.3 is 9.88 Å². The third kappa shape index (κ3) is 3.85. The molecule has 0 spiro atoms. The van der Waals surface area contributed by atoms with Crippen LogP contribution in [0.25, 0.3) is 11.1 Å². The molecule has 2 heterocycles. The molecule has 0 saturated carbocycles. The quantitative estimate of drug-likeness (QED) is 0.787. The Morgan fingerprint density at radius 2 is 1.76 bits per heavy atom. The van der Waals surface area contributed by atoms with Gasteiger partial charge in [0, 0.05) is 48.5 Å². The van der Waals surface area contributed by atoms with Crippen molar-refractivity contribution in [3.8, 4) is 11.1 Å². The molecule has 5 nitrogen and oxygen atoms in total. The summed E-state index contributed by atoms with van der Waals surface area (Å²) in [5.41, 5.74) is 0.800. The van der Waals surface area contributed by atoms with Crippen molar-refractivity contribution in [1.29, 1.82) is 0 Å². The summed E-state index contributed by atoms with van der Waals surface area (Å²) in [5.74, 6) is 0.174. The zero-order chi connectivity index (χ0) is 18.0. The van der Waals surface area contributed by atoms with Crippen molar-refractivity contribution in [1.82, 2.24) is 14.5 Å². The molecule has 1 aromatic carbocycles. The summed E-state index contributed by atoms with van der Waals surface area (Å²) in [5, 5.41) is 2.74. The van der Waals surface area contributed by atoms with Crippen LogP contribution in [0.2, 0.25) is 0 Å². The second-order valence-electron chi connectivity index (χ2n) is 5.37. The average molecular weight is 346 g/mol. The van der Waals surface area contributed by atoms with E-state index in [2.05, 4.69) is 15.3 Å². The molecule has 0 radical (unpaired) electrons. The highest BCUT2D eigenvalue weighted by molar-refractivity contribution is 5.62. The summed E-state index contributed by atoms with van der Waals surface area (Å²) in [6.45, 7) is 0. The molecule has 0 aliphatic rings. The van der Waals surface area contributed by atoms with Gasteiger partial charge in [0.15, 0.2) is 0 Å². The number of anilines is 2. The summed E-state index contributed by atoms with van der Waals surface area (Å²) < 4.78 is 39.6. The Hall–Kier alpha value is -3.16. The van der Waals surface area contributed by atoms with Crippen molar-refractivity contribution in [3.63, 3.8) is 0 Å². The molecule has 25 heavy (non-hydrogen) atoms. The molecule has 0 atom stereocenters. The third-order valence-electron chi connectivity index (χ3n) is 3.52. The number of nitrogens with one attached hydrogen (secondary N) is 1. The summed E-state index contributed by atoms with van der Waals surface area (Å²) >= 11 is 0. The maximum absolute atomic E-state index is 12.7. The minimum Gasteiger partial charge on any atom is -0.324 e. The Balaban J connectivity index is 1.81. The molecule has 3 rings (SSSR count). The zero-order valence-electron chi connectivity index (χ0n) is 13.1. The Kier molecular flexibility index (Phi) is 4.26. The molecule has 0 saturated heterocycles. The molecule has 1 N–H and O–H groups in total. The third-order valence-corrected chi connectivity index (χ3v) is 3.52. The van der Waals surface area contributed by atoms with E-state index in [4.69, 9.17) is 0 Å². The number of benzene rings is 1. The Morgan fingerprint density at radius 1 is 1.04 bits per heavy atom. The standard InChI is InChI=1S/C17H13F3N4O/c1-24-10-11(5-6-15(24)25)12-8-21-16(22-9-12)23-14-4-2-3-13(7-14)17(18,19)20/h2-10H,1H3,(H,21,22,23). The van der Waals surface area contributed by atoms with Gasteiger partial charge in [-0.25, -0.2) is 9.97 Å². The molecule has 0 aliphatic carbocycles. The maximum atomic E-state index is 12.7. The van der Waals surface area contributed by atoms with Crippen molar-refractivity contribution in [2.24, 2.45) is 7.05 Å². The predicted octanol–water partition coefficient (Wildman–Crippen LogP) is 3.60. The Morgan fingerprint density at radius 3 is 2.40 bits per heavy atom. The lowest BCUT2D eigenvalue weighted by Crippen LogP contribution is -2.14. The van der Waals surface area contributed by atoms with Crippen LogP contribution in [0.4, 0.5) is 24.8 Å². The first kappa shape index (κ1) is 16.7. The lowest BCUT2D eigenvalue weighted by molar-refractivity contribution is -0.137. The van der Waals surface area contributed by atoms with Gasteiger partial charge in [0.25, 0.3) is 0 Å². The molecule has 0 unspecified atom stereocenters. The van der Waals surface area contributed by atoms with Crippen molar-refractivity contribution in [2.45, 2.75) is 6.18 Å². The van der Waals surface area contributed by atoms with Gasteiger partial charge in [0.2, 0.25) is 11.5 Å². The van der Waals surface area contributed by atoms with E-state index < -0.39 is 11.7 Å². The monoisotopic (exact) mass is 346 g/mol. The molecule has 0 aliphatic heterocycles. The van der Waals surface area contributed by atoms with Gasteiger partial charge >= 0.3 is 6.18 Å². The van der Waals surface area contributed by atoms with Crippen LogP contribution in [0, 0.1) is 0 Å². The van der Waals surface area contributed by atoms with Gasteiger partial charge in [-0.2, -0.15) is 13.2 Å². The fourth-order valence-corrected chi connectivity index (χ4v) is 2.21. The smallest absolute Gasteiger partial charge is 0.324 e. The van der Waals surface area contributed by atoms with E-state index in [1.807, 2.05) is 0 Å². The summed E-state index contributed by atoms with van der Waals surface area (Å²) in [6.07, 6.45) is 0.304. The number of aryl methyl sites for hydroxylation is 1. The minimum absolute atomic E-state index is 0.132. The minimum atomic E-state index is -4.41. The summed E-state index contributed by atoms with van der Waals surface area (Å²) in [6, 6.07) is 7.88. The van der Waals surface area contributed by atoms with E-state index in [0.717, 1.165) is 17.7 Å². The molecule has 0 fully saturated rings. The number of alkyl halides is 3. The van der Waals surface area contributed by atoms with Crippen LogP contribution >= 0.6 is 0 Å². The van der Waals surface area contributed by atoms with Crippen LogP contribution in [0.5, 0.6) is 0 Å². The number of hydrogen-bond donors (Lipinski definition) is 1. The van der Waals surface area contributed by atoms with Gasteiger partial charge in [-0.15, -0.1) is 0 Å². The molecule has 128 valence electrons. The van der Waals surface area contributed by atoms with Gasteiger partial charge in [0.1, 0.15) is 0 Å². The first-order chi connectivity index (χ1) is 11.8. The Bertz CT molecular complexity index is 949. The van der Waals surface area contributed by atoms with E-state index in [9.17, 15) is 18.0 Å². The molecule has 0 amide bonds. The van der Waals surface area contributed by atoms with Crippen molar-refractivity contribution >= 4 is 11.6 Å². The summed E-state index contributed by atoms with van der Waals surface area (Å²) in [4.78, 5) is 19.6. The first-order valence-electron chi connectivity index (χ1n) is 7.26. The highest BCUT2D eigenvalue weighted by Gasteiger charge is 2.30. The number of aromatic nitrogens is 3. The van der Waals surface area contributed by atoms with E-state index in [-0.39, 0.29) is 17.2 Å². The number of halogens is 3. The molecule has 3 aromatic rings. The topological polar surface area (TPSA) is 59.8 Å². The fourth-order valence-electron chi connectivity index (χ4n) is 2.21. The second-order valence-corrected chi connectivity index (χ2v) is 5.37. The maximum Gasteiger partial charge on any atom is 0.416 e. The molecule has 0 bridgehead atoms. The van der Waals surface area contributed by atoms with E-state index in [1.54, 1.807) is 19.3 Å². The highest BCUT2D eigenvalue weighted by atomic mass is 19.4. The highest BCUT2D eigenvalue weighted by Crippen LogP contribution is 2.31. The fraction of sp³-hybridized carbons (Fsp3) is 0.118. The number of rotatable bonds is 3. The lowest BCUT2D eigenvalue weighted by atomic mass is 10.1. The average Bonchev–Trinajstić information content (AvgIpc) is 2.58. The Labute approximate surface area is 140 Å². The van der Waals surface area contributed by atoms with Crippen LogP contribution in [-0.2, 0) is 13.2 Å². The summed E-state index contributed by atoms with van der Waals surface area (Å²) in [7, 11) is 1.64. The number of hydrogen-bond acceptors (Lipinski definition) is 4. The van der Waals surface area contributed by atoms with Gasteiger partial charge in [-0.1, -0.05) is 6.07 Å². The van der Waals surface area contributed by atoms with Crippen molar-refractivity contribution in [2.75, 3.05) is 5.32 Å². The first-order valence-corrected chi connectivity index (χ1v) is 7.26. The van der Waals surface area contributed by atoms with Crippen LogP contribution in [0.15, 0.2) is 59.8 Å². The molecular formula is C17H13F3N4O. The zero-order valence-corrected chi connectivity index (χ0v) is 13.1. The van der Waals surface area contributed by atoms with Crippen LogP contribution in [0.3, 0.4) is 0 Å². The van der Waals surface area contributed by atoms with Gasteiger partial charge in [-0.3, -0.25) is 4.79 Å². The number of nitrogens with zero attached hydrogens (tertiary/aromatic N) is 3. The van der Waals surface area contributed by atoms with Gasteiger partial charge in [0.05, 0.1) is 5.56 Å². The van der Waals surface area contributed by atoms with E-state index in [1.165, 1.54) is 35.2 Å². The molecule has 8 heteroatoms. The van der Waals surface area contributed by atoms with Crippen molar-refractivity contribution in [3.05, 3.63) is 70.9 Å². The SMILES string of the molecule is Cn1cc(-c2cnc(Nc3cccc(C(F)(F)F)c3)nc2)ccc1=O. The lowest BCUT2D eigenvalue weighted by Gasteiger charge is -2.10. The van der Waals surface area contributed by atoms with Crippen LogP contribution in [0.1, 0.15) is 5.56 Å². The predicted molar refractivity (Wildman–Crippen MR) is 87.4 cm³/mol. The van der Waals surface area contributed by atoms with E-state index >= 15 is 0 Å².